The summed E-state index contributed by atoms with van der Waals surface area (Å²) >= 11 is 0. The van der Waals surface area contributed by atoms with Gasteiger partial charge in [0.25, 0.3) is 0 Å². The summed E-state index contributed by atoms with van der Waals surface area (Å²) in [6.45, 7) is 5.71. The van der Waals surface area contributed by atoms with E-state index in [9.17, 15) is 13.2 Å². The third-order valence-electron chi connectivity index (χ3n) is 8.26. The molecular weight excluding hydrogens is 530 g/mol. The van der Waals surface area contributed by atoms with Gasteiger partial charge in [0.15, 0.2) is 5.75 Å². The molecule has 1 spiro atoms. The first kappa shape index (κ1) is 26.5. The van der Waals surface area contributed by atoms with Crippen molar-refractivity contribution in [3.8, 4) is 16.9 Å². The van der Waals surface area contributed by atoms with Gasteiger partial charge in [-0.05, 0) is 75.1 Å². The monoisotopic (exact) mass is 565 g/mol. The first-order chi connectivity index (χ1) is 19.2. The molecule has 40 heavy (non-hydrogen) atoms. The second-order valence-corrected chi connectivity index (χ2v) is 12.9. The van der Waals surface area contributed by atoms with Crippen LogP contribution in [0.5, 0.6) is 0 Å². The first-order valence-electron chi connectivity index (χ1n) is 13.8. The summed E-state index contributed by atoms with van der Waals surface area (Å²) < 4.78 is 34.0. The SMILES string of the molecule is COC(=O)CS(=O)(=O)Nc1ccc(-n2cc(-c3cc(C)nc(N4CCCC4)n3)cn2)c(N2CCC3(CC2)CC3)c1. The van der Waals surface area contributed by atoms with Gasteiger partial charge in [0.05, 0.1) is 36.1 Å². The van der Waals surface area contributed by atoms with Gasteiger partial charge in [-0.1, -0.05) is 0 Å². The lowest BCUT2D eigenvalue weighted by molar-refractivity contribution is -0.137. The van der Waals surface area contributed by atoms with Crippen molar-refractivity contribution in [2.75, 3.05) is 53.6 Å². The fourth-order valence-corrected chi connectivity index (χ4v) is 6.69. The number of nitrogens with zero attached hydrogens (tertiary/aromatic N) is 6. The fourth-order valence-electron chi connectivity index (χ4n) is 5.71. The second-order valence-electron chi connectivity index (χ2n) is 11.2. The lowest BCUT2D eigenvalue weighted by Gasteiger charge is -2.35. The molecule has 0 unspecified atom stereocenters. The van der Waals surface area contributed by atoms with Crippen LogP contribution in [0, 0.1) is 12.3 Å². The van der Waals surface area contributed by atoms with Crippen LogP contribution < -0.4 is 14.5 Å². The third-order valence-corrected chi connectivity index (χ3v) is 9.43. The van der Waals surface area contributed by atoms with E-state index in [1.54, 1.807) is 6.07 Å². The Kier molecular flexibility index (Phi) is 6.89. The van der Waals surface area contributed by atoms with Crippen molar-refractivity contribution in [3.63, 3.8) is 0 Å². The van der Waals surface area contributed by atoms with E-state index in [1.165, 1.54) is 20.0 Å². The molecule has 1 saturated carbocycles. The van der Waals surface area contributed by atoms with E-state index in [0.29, 0.717) is 11.1 Å². The maximum Gasteiger partial charge on any atom is 0.322 e. The molecule has 2 aromatic heterocycles. The Morgan fingerprint density at radius 1 is 1.00 bits per heavy atom. The van der Waals surface area contributed by atoms with Gasteiger partial charge in [0.2, 0.25) is 16.0 Å². The number of methoxy groups -OCH3 is 1. The number of hydrogen-bond donors (Lipinski definition) is 1. The molecule has 212 valence electrons. The van der Waals surface area contributed by atoms with Crippen molar-refractivity contribution in [3.05, 3.63) is 42.4 Å². The highest BCUT2D eigenvalue weighted by molar-refractivity contribution is 7.93. The second kappa shape index (κ2) is 10.4. The van der Waals surface area contributed by atoms with Crippen LogP contribution in [0.25, 0.3) is 16.9 Å². The topological polar surface area (TPSA) is 123 Å². The van der Waals surface area contributed by atoms with E-state index in [0.717, 1.165) is 86.1 Å². The summed E-state index contributed by atoms with van der Waals surface area (Å²) in [5.74, 6) is -0.800. The highest BCUT2D eigenvalue weighted by Gasteiger charge is 2.44. The van der Waals surface area contributed by atoms with Gasteiger partial charge in [-0.25, -0.2) is 23.1 Å². The van der Waals surface area contributed by atoms with Gasteiger partial charge in [-0.15, -0.1) is 0 Å². The molecule has 6 rings (SSSR count). The Labute approximate surface area is 234 Å². The van der Waals surface area contributed by atoms with Crippen LogP contribution in [0.4, 0.5) is 17.3 Å². The molecule has 2 saturated heterocycles. The Morgan fingerprint density at radius 2 is 1.75 bits per heavy atom. The molecule has 1 aromatic carbocycles. The van der Waals surface area contributed by atoms with Gasteiger partial charge >= 0.3 is 5.97 Å². The minimum absolute atomic E-state index is 0.392. The largest absolute Gasteiger partial charge is 0.468 e. The number of benzene rings is 1. The van der Waals surface area contributed by atoms with E-state index in [4.69, 9.17) is 4.98 Å². The lowest BCUT2D eigenvalue weighted by atomic mass is 9.93. The van der Waals surface area contributed by atoms with Crippen LogP contribution in [-0.2, 0) is 19.6 Å². The van der Waals surface area contributed by atoms with E-state index in [2.05, 4.69) is 29.3 Å². The molecule has 1 N–H and O–H groups in total. The molecule has 12 heteroatoms. The lowest BCUT2D eigenvalue weighted by Crippen LogP contribution is -2.35. The van der Waals surface area contributed by atoms with E-state index >= 15 is 0 Å². The van der Waals surface area contributed by atoms with Crippen LogP contribution in [0.3, 0.4) is 0 Å². The zero-order valence-electron chi connectivity index (χ0n) is 23.0. The van der Waals surface area contributed by atoms with Crippen molar-refractivity contribution in [2.45, 2.75) is 45.4 Å². The molecule has 0 amide bonds. The summed E-state index contributed by atoms with van der Waals surface area (Å²) in [5, 5.41) is 4.69. The van der Waals surface area contributed by atoms with Crippen LogP contribution in [0.2, 0.25) is 0 Å². The standard InChI is InChI=1S/C28H35N7O4S/c1-20-15-23(31-27(30-20)34-11-3-4-12-34)21-17-29-35(18-21)24-6-5-22(32-40(37,38)19-26(36)39-2)16-25(24)33-13-9-28(7-8-28)10-14-33/h5-6,15-18,32H,3-4,7-14,19H2,1-2H3. The normalized spacial score (nSPS) is 18.2. The van der Waals surface area contributed by atoms with Crippen molar-refractivity contribution in [2.24, 2.45) is 5.41 Å². The highest BCUT2D eigenvalue weighted by Crippen LogP contribution is 2.54. The zero-order chi connectivity index (χ0) is 27.9. The third kappa shape index (κ3) is 5.63. The van der Waals surface area contributed by atoms with Crippen LogP contribution in [0.1, 0.15) is 44.2 Å². The summed E-state index contributed by atoms with van der Waals surface area (Å²) in [5.41, 5.74) is 5.24. The summed E-state index contributed by atoms with van der Waals surface area (Å²) in [4.78, 5) is 25.6. The van der Waals surface area contributed by atoms with E-state index in [-0.39, 0.29) is 0 Å². The summed E-state index contributed by atoms with van der Waals surface area (Å²) in [6, 6.07) is 7.36. The number of anilines is 3. The fraction of sp³-hybridized carbons (Fsp3) is 0.500. The van der Waals surface area contributed by atoms with E-state index < -0.39 is 21.7 Å². The number of aromatic nitrogens is 4. The maximum atomic E-state index is 12.6. The Bertz CT molecular complexity index is 1520. The van der Waals surface area contributed by atoms with Gasteiger partial charge < -0.3 is 14.5 Å². The van der Waals surface area contributed by atoms with Crippen molar-refractivity contribution in [1.29, 1.82) is 0 Å². The predicted molar refractivity (Wildman–Crippen MR) is 153 cm³/mol. The number of aryl methyl sites for hydroxylation is 1. The molecule has 1 aliphatic carbocycles. The maximum absolute atomic E-state index is 12.6. The zero-order valence-corrected chi connectivity index (χ0v) is 23.8. The smallest absolute Gasteiger partial charge is 0.322 e. The number of carbonyl (C=O) groups excluding carboxylic acids is 1. The molecular formula is C28H35N7O4S. The molecule has 3 aromatic rings. The molecule has 3 aliphatic rings. The molecule has 3 fully saturated rings. The Morgan fingerprint density at radius 3 is 2.45 bits per heavy atom. The quantitative estimate of drug-likeness (QED) is 0.409. The number of piperidine rings is 1. The van der Waals surface area contributed by atoms with Gasteiger partial charge in [-0.3, -0.25) is 9.52 Å². The molecule has 4 heterocycles. The van der Waals surface area contributed by atoms with Crippen molar-refractivity contribution < 1.29 is 17.9 Å². The minimum atomic E-state index is -3.91. The number of sulfonamides is 1. The van der Waals surface area contributed by atoms with E-state index in [1.807, 2.05) is 42.2 Å². The Hall–Kier alpha value is -3.67. The number of carbonyl (C=O) groups is 1. The number of rotatable bonds is 8. The van der Waals surface area contributed by atoms with Crippen LogP contribution in [-0.4, -0.2) is 73.2 Å². The van der Waals surface area contributed by atoms with Gasteiger partial charge in [0.1, 0.15) is 0 Å². The average molecular weight is 566 g/mol. The number of esters is 1. The van der Waals surface area contributed by atoms with Gasteiger partial charge in [0, 0.05) is 43.6 Å². The number of ether oxygens (including phenoxy) is 1. The minimum Gasteiger partial charge on any atom is -0.468 e. The summed E-state index contributed by atoms with van der Waals surface area (Å²) in [7, 11) is -2.74. The number of hydrogen-bond acceptors (Lipinski definition) is 9. The summed E-state index contributed by atoms with van der Waals surface area (Å²) in [6.07, 6.45) is 10.9. The molecule has 11 nitrogen and oxygen atoms in total. The van der Waals surface area contributed by atoms with Crippen molar-refractivity contribution >= 4 is 33.3 Å². The Balaban J connectivity index is 1.32. The molecule has 0 atom stereocenters. The molecule has 0 radical (unpaired) electrons. The first-order valence-corrected chi connectivity index (χ1v) is 15.5. The average Bonchev–Trinajstić information content (AvgIpc) is 3.32. The van der Waals surface area contributed by atoms with Crippen molar-refractivity contribution in [1.82, 2.24) is 19.7 Å². The number of nitrogens with one attached hydrogen (secondary N) is 1. The van der Waals surface area contributed by atoms with Crippen LogP contribution in [0.15, 0.2) is 36.7 Å². The van der Waals surface area contributed by atoms with Gasteiger partial charge in [-0.2, -0.15) is 5.10 Å². The molecule has 2 aliphatic heterocycles. The highest BCUT2D eigenvalue weighted by atomic mass is 32.2. The molecule has 0 bridgehead atoms. The predicted octanol–water partition coefficient (Wildman–Crippen LogP) is 3.53. The van der Waals surface area contributed by atoms with Crippen LogP contribution >= 0.6 is 0 Å².